The zero-order valence-corrected chi connectivity index (χ0v) is 7.36. The Labute approximate surface area is 64.0 Å². The smallest absolute Gasteiger partial charge is 0.0395 e. The van der Waals surface area contributed by atoms with Crippen LogP contribution in [0.4, 0.5) is 0 Å². The Morgan fingerprint density at radius 2 is 1.50 bits per heavy atom. The van der Waals surface area contributed by atoms with Gasteiger partial charge in [0.2, 0.25) is 0 Å². The van der Waals surface area contributed by atoms with Gasteiger partial charge in [0.1, 0.15) is 0 Å². The summed E-state index contributed by atoms with van der Waals surface area (Å²) in [7, 11) is 0. The number of rotatable bonds is 2. The molecule has 0 saturated carbocycles. The van der Waals surface area contributed by atoms with Crippen molar-refractivity contribution in [1.29, 1.82) is 0 Å². The van der Waals surface area contributed by atoms with Crippen LogP contribution in [-0.4, -0.2) is 0 Å². The highest BCUT2D eigenvalue weighted by Crippen LogP contribution is 2.07. The van der Waals surface area contributed by atoms with E-state index in [0.717, 1.165) is 0 Å². The van der Waals surface area contributed by atoms with Gasteiger partial charge in [-0.25, -0.2) is 0 Å². The van der Waals surface area contributed by atoms with E-state index in [9.17, 15) is 0 Å². The summed E-state index contributed by atoms with van der Waals surface area (Å²) in [6.45, 7) is 12.1. The molecule has 0 saturated heterocycles. The van der Waals surface area contributed by atoms with Crippen molar-refractivity contribution in [3.63, 3.8) is 0 Å². The third-order valence-corrected chi connectivity index (χ3v) is 1.43. The molecule has 0 rings (SSSR count). The molecule has 0 spiro atoms. The molecule has 0 atom stereocenters. The van der Waals surface area contributed by atoms with Crippen LogP contribution in [0, 0.1) is 0 Å². The van der Waals surface area contributed by atoms with E-state index in [-0.39, 0.29) is 0 Å². The molecule has 10 heavy (non-hydrogen) atoms. The van der Waals surface area contributed by atoms with Crippen molar-refractivity contribution in [3.05, 3.63) is 35.5 Å². The fourth-order valence-corrected chi connectivity index (χ4v) is 0.708. The van der Waals surface area contributed by atoms with Crippen LogP contribution in [0.5, 0.6) is 0 Å². The minimum absolute atomic E-state index is 1.25. The second kappa shape index (κ2) is 4.10. The van der Waals surface area contributed by atoms with Gasteiger partial charge in [-0.15, -0.1) is 0 Å². The summed E-state index contributed by atoms with van der Waals surface area (Å²) in [5, 5.41) is 0. The zero-order valence-electron chi connectivity index (χ0n) is 7.36. The van der Waals surface area contributed by atoms with Crippen molar-refractivity contribution in [2.75, 3.05) is 0 Å². The van der Waals surface area contributed by atoms with Crippen molar-refractivity contribution in [3.8, 4) is 0 Å². The molecule has 0 unspecified atom stereocenters. The molecule has 0 aromatic rings. The predicted molar refractivity (Wildman–Crippen MR) is 48.0 cm³/mol. The standard InChI is InChI=1S/C10H16/c1-6-9(4)10(5)7-8(2)3/h6-7H,1H2,2-5H3/b10-9-. The highest BCUT2D eigenvalue weighted by atomic mass is 13.9. The van der Waals surface area contributed by atoms with E-state index >= 15 is 0 Å². The van der Waals surface area contributed by atoms with E-state index in [1.807, 2.05) is 6.08 Å². The molecule has 0 radical (unpaired) electrons. The first kappa shape index (κ1) is 9.22. The lowest BCUT2D eigenvalue weighted by atomic mass is 10.1. The Balaban J connectivity index is 4.48. The van der Waals surface area contributed by atoms with Crippen LogP contribution in [-0.2, 0) is 0 Å². The van der Waals surface area contributed by atoms with E-state index in [0.29, 0.717) is 0 Å². The molecule has 0 nitrogen and oxygen atoms in total. The fourth-order valence-electron chi connectivity index (χ4n) is 0.708. The Hall–Kier alpha value is -0.780. The predicted octanol–water partition coefficient (Wildman–Crippen LogP) is 3.48. The average molecular weight is 136 g/mol. The molecule has 0 aromatic heterocycles. The van der Waals surface area contributed by atoms with Crippen LogP contribution in [0.25, 0.3) is 0 Å². The van der Waals surface area contributed by atoms with Crippen LogP contribution >= 0.6 is 0 Å². The van der Waals surface area contributed by atoms with Gasteiger partial charge in [-0.3, -0.25) is 0 Å². The summed E-state index contributed by atoms with van der Waals surface area (Å²) in [5.74, 6) is 0. The van der Waals surface area contributed by atoms with Gasteiger partial charge < -0.3 is 0 Å². The largest absolute Gasteiger partial charge is 0.0988 e. The molecule has 0 heteroatoms. The third kappa shape index (κ3) is 3.29. The summed E-state index contributed by atoms with van der Waals surface area (Å²) in [6, 6.07) is 0. The topological polar surface area (TPSA) is 0 Å². The van der Waals surface area contributed by atoms with Gasteiger partial charge in [-0.2, -0.15) is 0 Å². The lowest BCUT2D eigenvalue weighted by Crippen LogP contribution is -1.76. The van der Waals surface area contributed by atoms with Crippen LogP contribution in [0.3, 0.4) is 0 Å². The lowest BCUT2D eigenvalue weighted by molar-refractivity contribution is 1.31. The van der Waals surface area contributed by atoms with Crippen LogP contribution in [0.2, 0.25) is 0 Å². The van der Waals surface area contributed by atoms with Gasteiger partial charge in [0.25, 0.3) is 0 Å². The maximum atomic E-state index is 3.70. The zero-order chi connectivity index (χ0) is 8.15. The monoisotopic (exact) mass is 136 g/mol. The minimum Gasteiger partial charge on any atom is -0.0988 e. The summed E-state index contributed by atoms with van der Waals surface area (Å²) in [6.07, 6.45) is 4.05. The third-order valence-electron chi connectivity index (χ3n) is 1.43. The van der Waals surface area contributed by atoms with Crippen LogP contribution < -0.4 is 0 Å². The Bertz CT molecular complexity index is 176. The number of allylic oxidation sites excluding steroid dienone is 5. The fraction of sp³-hybridized carbons (Fsp3) is 0.400. The summed E-state index contributed by atoms with van der Waals surface area (Å²) >= 11 is 0. The van der Waals surface area contributed by atoms with Gasteiger partial charge in [0.15, 0.2) is 0 Å². The SMILES string of the molecule is C=C/C(C)=C(/C)C=C(C)C. The van der Waals surface area contributed by atoms with Gasteiger partial charge in [0, 0.05) is 0 Å². The van der Waals surface area contributed by atoms with Gasteiger partial charge in [-0.1, -0.05) is 24.3 Å². The van der Waals surface area contributed by atoms with Gasteiger partial charge >= 0.3 is 0 Å². The van der Waals surface area contributed by atoms with Crippen LogP contribution in [0.1, 0.15) is 27.7 Å². The van der Waals surface area contributed by atoms with Crippen molar-refractivity contribution < 1.29 is 0 Å². The number of hydrogen-bond acceptors (Lipinski definition) is 0. The molecule has 0 bridgehead atoms. The van der Waals surface area contributed by atoms with E-state index < -0.39 is 0 Å². The summed E-state index contributed by atoms with van der Waals surface area (Å²) in [5.41, 5.74) is 3.88. The second-order valence-electron chi connectivity index (χ2n) is 2.79. The van der Waals surface area contributed by atoms with E-state index in [1.165, 1.54) is 16.7 Å². The van der Waals surface area contributed by atoms with E-state index in [1.54, 1.807) is 0 Å². The maximum Gasteiger partial charge on any atom is -0.0395 e. The molecular weight excluding hydrogens is 120 g/mol. The second-order valence-corrected chi connectivity index (χ2v) is 2.79. The van der Waals surface area contributed by atoms with E-state index in [4.69, 9.17) is 0 Å². The first-order chi connectivity index (χ1) is 4.57. The minimum atomic E-state index is 1.25. The highest BCUT2D eigenvalue weighted by Gasteiger charge is 1.86. The molecule has 56 valence electrons. The quantitative estimate of drug-likeness (QED) is 0.510. The molecule has 0 heterocycles. The van der Waals surface area contributed by atoms with Crippen LogP contribution in [0.15, 0.2) is 35.5 Å². The Kier molecular flexibility index (Phi) is 3.78. The normalized spacial score (nSPS) is 12.0. The Morgan fingerprint density at radius 1 is 1.00 bits per heavy atom. The van der Waals surface area contributed by atoms with Crippen molar-refractivity contribution in [2.24, 2.45) is 0 Å². The average Bonchev–Trinajstić information content (AvgIpc) is 1.85. The molecule has 0 N–H and O–H groups in total. The molecular formula is C10H16. The van der Waals surface area contributed by atoms with Gasteiger partial charge in [0.05, 0.1) is 0 Å². The van der Waals surface area contributed by atoms with Gasteiger partial charge in [-0.05, 0) is 38.8 Å². The lowest BCUT2D eigenvalue weighted by Gasteiger charge is -1.96. The molecule has 0 aliphatic carbocycles. The molecule has 0 amide bonds. The van der Waals surface area contributed by atoms with Crippen molar-refractivity contribution in [1.82, 2.24) is 0 Å². The highest BCUT2D eigenvalue weighted by molar-refractivity contribution is 5.30. The molecule has 0 aliphatic heterocycles. The maximum absolute atomic E-state index is 3.70. The van der Waals surface area contributed by atoms with Crippen molar-refractivity contribution in [2.45, 2.75) is 27.7 Å². The summed E-state index contributed by atoms with van der Waals surface area (Å²) in [4.78, 5) is 0. The summed E-state index contributed by atoms with van der Waals surface area (Å²) < 4.78 is 0. The Morgan fingerprint density at radius 3 is 1.80 bits per heavy atom. The van der Waals surface area contributed by atoms with E-state index in [2.05, 4.69) is 40.3 Å². The molecule has 0 aliphatic rings. The number of hydrogen-bond donors (Lipinski definition) is 0. The molecule has 0 fully saturated rings. The van der Waals surface area contributed by atoms with Crippen molar-refractivity contribution >= 4 is 0 Å². The molecule has 0 aromatic carbocycles. The first-order valence-corrected chi connectivity index (χ1v) is 3.52. The first-order valence-electron chi connectivity index (χ1n) is 3.52.